The molecular weight excluding hydrogens is 200 g/mol. The number of ether oxygens (including phenoxy) is 1. The Morgan fingerprint density at radius 1 is 1.50 bits per heavy atom. The van der Waals surface area contributed by atoms with Gasteiger partial charge in [0.25, 0.3) is 0 Å². The van der Waals surface area contributed by atoms with Crippen LogP contribution in [-0.4, -0.2) is 38.4 Å². The van der Waals surface area contributed by atoms with E-state index in [0.29, 0.717) is 17.5 Å². The van der Waals surface area contributed by atoms with Crippen LogP contribution in [0.15, 0.2) is 0 Å². The minimum atomic E-state index is 0.549. The predicted octanol–water partition coefficient (Wildman–Crippen LogP) is 1.53. The van der Waals surface area contributed by atoms with E-state index in [2.05, 4.69) is 24.5 Å². The molecule has 2 rings (SSSR count). The fraction of sp³-hybridized carbons (Fsp3) is 1.00. The van der Waals surface area contributed by atoms with Crippen LogP contribution in [0.5, 0.6) is 0 Å². The lowest BCUT2D eigenvalue weighted by Crippen LogP contribution is -2.45. The molecule has 1 saturated carbocycles. The van der Waals surface area contributed by atoms with Gasteiger partial charge in [0.1, 0.15) is 0 Å². The summed E-state index contributed by atoms with van der Waals surface area (Å²) in [6.45, 7) is 8.58. The average Bonchev–Trinajstić information content (AvgIpc) is 3.09. The molecule has 1 aliphatic heterocycles. The van der Waals surface area contributed by atoms with Crippen molar-refractivity contribution in [3.8, 4) is 0 Å². The summed E-state index contributed by atoms with van der Waals surface area (Å²) in [5, 5.41) is 7.20. The first-order valence-electron chi connectivity index (χ1n) is 6.79. The van der Waals surface area contributed by atoms with Gasteiger partial charge in [-0.1, -0.05) is 6.92 Å². The van der Waals surface area contributed by atoms with Crippen LogP contribution in [0.4, 0.5) is 0 Å². The normalized spacial score (nSPS) is 30.0. The highest BCUT2D eigenvalue weighted by molar-refractivity contribution is 4.94. The molecule has 2 fully saturated rings. The molecule has 1 aliphatic carbocycles. The highest BCUT2D eigenvalue weighted by Gasteiger charge is 2.40. The summed E-state index contributed by atoms with van der Waals surface area (Å²) >= 11 is 0. The van der Waals surface area contributed by atoms with E-state index in [1.165, 1.54) is 32.2 Å². The van der Waals surface area contributed by atoms with Crippen molar-refractivity contribution in [3.05, 3.63) is 0 Å². The number of hydrogen-bond acceptors (Lipinski definition) is 3. The highest BCUT2D eigenvalue weighted by atomic mass is 16.5. The van der Waals surface area contributed by atoms with Crippen molar-refractivity contribution >= 4 is 0 Å². The van der Waals surface area contributed by atoms with Crippen LogP contribution in [0.3, 0.4) is 0 Å². The molecule has 2 aliphatic rings. The van der Waals surface area contributed by atoms with Gasteiger partial charge in [-0.2, -0.15) is 0 Å². The van der Waals surface area contributed by atoms with Crippen molar-refractivity contribution in [3.63, 3.8) is 0 Å². The molecule has 3 nitrogen and oxygen atoms in total. The lowest BCUT2D eigenvalue weighted by molar-refractivity contribution is 0.0710. The van der Waals surface area contributed by atoms with Crippen molar-refractivity contribution in [2.24, 2.45) is 5.41 Å². The number of rotatable bonds is 6. The third-order valence-corrected chi connectivity index (χ3v) is 4.17. The summed E-state index contributed by atoms with van der Waals surface area (Å²) in [5.41, 5.74) is 0.657. The van der Waals surface area contributed by atoms with Gasteiger partial charge in [0.15, 0.2) is 0 Å². The van der Waals surface area contributed by atoms with Gasteiger partial charge in [-0.05, 0) is 38.0 Å². The first kappa shape index (κ1) is 12.3. The summed E-state index contributed by atoms with van der Waals surface area (Å²) in [6.07, 6.45) is 5.36. The Hall–Kier alpha value is -0.120. The fourth-order valence-corrected chi connectivity index (χ4v) is 2.50. The van der Waals surface area contributed by atoms with E-state index < -0.39 is 0 Å². The quantitative estimate of drug-likeness (QED) is 0.720. The Bertz CT molecular complexity index is 210. The monoisotopic (exact) mass is 226 g/mol. The lowest BCUT2D eigenvalue weighted by Gasteiger charge is -2.27. The third-order valence-electron chi connectivity index (χ3n) is 4.17. The minimum absolute atomic E-state index is 0.549. The van der Waals surface area contributed by atoms with Crippen LogP contribution in [0.25, 0.3) is 0 Å². The van der Waals surface area contributed by atoms with Crippen molar-refractivity contribution in [2.45, 2.75) is 51.6 Å². The van der Waals surface area contributed by atoms with E-state index in [1.54, 1.807) is 0 Å². The number of morpholine rings is 1. The van der Waals surface area contributed by atoms with E-state index in [9.17, 15) is 0 Å². The van der Waals surface area contributed by atoms with Gasteiger partial charge in [0.05, 0.1) is 13.2 Å². The van der Waals surface area contributed by atoms with Crippen LogP contribution < -0.4 is 10.6 Å². The molecule has 94 valence electrons. The van der Waals surface area contributed by atoms with Gasteiger partial charge in [-0.25, -0.2) is 0 Å². The Morgan fingerprint density at radius 2 is 2.31 bits per heavy atom. The predicted molar refractivity (Wildman–Crippen MR) is 66.6 cm³/mol. The molecule has 3 heteroatoms. The van der Waals surface area contributed by atoms with Gasteiger partial charge in [-0.3, -0.25) is 0 Å². The second-order valence-corrected chi connectivity index (χ2v) is 5.60. The average molecular weight is 226 g/mol. The molecular formula is C13H26N2O. The zero-order valence-electron chi connectivity index (χ0n) is 10.7. The molecule has 0 radical (unpaired) electrons. The maximum Gasteiger partial charge on any atom is 0.0620 e. The topological polar surface area (TPSA) is 33.3 Å². The SMILES string of the molecule is CCC1(CNC(C)CC2COCCN2)CC1. The first-order valence-corrected chi connectivity index (χ1v) is 6.79. The van der Waals surface area contributed by atoms with Gasteiger partial charge in [-0.15, -0.1) is 0 Å². The maximum absolute atomic E-state index is 5.47. The van der Waals surface area contributed by atoms with E-state index >= 15 is 0 Å². The van der Waals surface area contributed by atoms with Crippen LogP contribution >= 0.6 is 0 Å². The summed E-state index contributed by atoms with van der Waals surface area (Å²) in [7, 11) is 0. The van der Waals surface area contributed by atoms with Crippen molar-refractivity contribution in [2.75, 3.05) is 26.3 Å². The van der Waals surface area contributed by atoms with Crippen LogP contribution in [0.1, 0.15) is 39.5 Å². The second-order valence-electron chi connectivity index (χ2n) is 5.60. The zero-order chi connectivity index (χ0) is 11.4. The highest BCUT2D eigenvalue weighted by Crippen LogP contribution is 2.47. The molecule has 1 heterocycles. The Kier molecular flexibility index (Phi) is 4.22. The first-order chi connectivity index (χ1) is 7.74. The van der Waals surface area contributed by atoms with Gasteiger partial charge in [0.2, 0.25) is 0 Å². The molecule has 0 aromatic heterocycles. The van der Waals surface area contributed by atoms with Crippen molar-refractivity contribution in [1.29, 1.82) is 0 Å². The van der Waals surface area contributed by atoms with Crippen LogP contribution in [0.2, 0.25) is 0 Å². The lowest BCUT2D eigenvalue weighted by atomic mass is 10.0. The molecule has 0 aromatic rings. The summed E-state index contributed by atoms with van der Waals surface area (Å²) in [5.74, 6) is 0. The smallest absolute Gasteiger partial charge is 0.0620 e. The van der Waals surface area contributed by atoms with Crippen molar-refractivity contribution < 1.29 is 4.74 Å². The van der Waals surface area contributed by atoms with Gasteiger partial charge in [0, 0.05) is 25.2 Å². The Labute approximate surface area is 99.3 Å². The second kappa shape index (κ2) is 5.48. The summed E-state index contributed by atoms with van der Waals surface area (Å²) < 4.78 is 5.47. The van der Waals surface area contributed by atoms with E-state index in [1.807, 2.05) is 0 Å². The number of hydrogen-bond donors (Lipinski definition) is 2. The molecule has 0 aromatic carbocycles. The molecule has 2 atom stereocenters. The largest absolute Gasteiger partial charge is 0.379 e. The standard InChI is InChI=1S/C13H26N2O/c1-3-13(4-5-13)10-15-11(2)8-12-9-16-7-6-14-12/h11-12,14-15H,3-10H2,1-2H3. The van der Waals surface area contributed by atoms with E-state index in [4.69, 9.17) is 4.74 Å². The maximum atomic E-state index is 5.47. The Balaban J connectivity index is 1.62. The molecule has 16 heavy (non-hydrogen) atoms. The van der Waals surface area contributed by atoms with E-state index in [-0.39, 0.29) is 0 Å². The molecule has 2 N–H and O–H groups in total. The molecule has 2 unspecified atom stereocenters. The molecule has 1 saturated heterocycles. The van der Waals surface area contributed by atoms with Crippen LogP contribution in [0, 0.1) is 5.41 Å². The molecule has 0 spiro atoms. The Morgan fingerprint density at radius 3 is 2.88 bits per heavy atom. The van der Waals surface area contributed by atoms with Crippen molar-refractivity contribution in [1.82, 2.24) is 10.6 Å². The zero-order valence-corrected chi connectivity index (χ0v) is 10.7. The van der Waals surface area contributed by atoms with E-state index in [0.717, 1.165) is 19.8 Å². The summed E-state index contributed by atoms with van der Waals surface area (Å²) in [6, 6.07) is 1.15. The van der Waals surface area contributed by atoms with Gasteiger partial charge >= 0.3 is 0 Å². The fourth-order valence-electron chi connectivity index (χ4n) is 2.50. The number of nitrogens with one attached hydrogen (secondary N) is 2. The summed E-state index contributed by atoms with van der Waals surface area (Å²) in [4.78, 5) is 0. The molecule has 0 amide bonds. The van der Waals surface area contributed by atoms with Gasteiger partial charge < -0.3 is 15.4 Å². The van der Waals surface area contributed by atoms with Crippen LogP contribution in [-0.2, 0) is 4.74 Å². The third kappa shape index (κ3) is 3.44. The molecule has 0 bridgehead atoms. The minimum Gasteiger partial charge on any atom is -0.379 e.